The SMILES string of the molecule is CCCNCC(C)(O)Cc1ncnn1C(C)C. The lowest BCUT2D eigenvalue weighted by Gasteiger charge is -2.24. The van der Waals surface area contributed by atoms with Crippen LogP contribution in [0.5, 0.6) is 0 Å². The van der Waals surface area contributed by atoms with Crippen molar-refractivity contribution >= 4 is 0 Å². The smallest absolute Gasteiger partial charge is 0.138 e. The van der Waals surface area contributed by atoms with Gasteiger partial charge in [0.05, 0.1) is 5.60 Å². The first-order valence-corrected chi connectivity index (χ1v) is 6.27. The van der Waals surface area contributed by atoms with E-state index in [-0.39, 0.29) is 6.04 Å². The van der Waals surface area contributed by atoms with Crippen LogP contribution >= 0.6 is 0 Å². The maximum Gasteiger partial charge on any atom is 0.138 e. The quantitative estimate of drug-likeness (QED) is 0.702. The van der Waals surface area contributed by atoms with Gasteiger partial charge in [0.15, 0.2) is 0 Å². The summed E-state index contributed by atoms with van der Waals surface area (Å²) in [5, 5.41) is 17.7. The summed E-state index contributed by atoms with van der Waals surface area (Å²) in [6.07, 6.45) is 3.13. The summed E-state index contributed by atoms with van der Waals surface area (Å²) >= 11 is 0. The molecule has 1 heterocycles. The summed E-state index contributed by atoms with van der Waals surface area (Å²) < 4.78 is 1.86. The summed E-state index contributed by atoms with van der Waals surface area (Å²) in [7, 11) is 0. The van der Waals surface area contributed by atoms with Crippen molar-refractivity contribution in [1.82, 2.24) is 20.1 Å². The molecule has 0 saturated carbocycles. The van der Waals surface area contributed by atoms with Crippen molar-refractivity contribution in [1.29, 1.82) is 0 Å². The van der Waals surface area contributed by atoms with Gasteiger partial charge in [-0.3, -0.25) is 0 Å². The van der Waals surface area contributed by atoms with Crippen LogP contribution in [0.15, 0.2) is 6.33 Å². The van der Waals surface area contributed by atoms with Gasteiger partial charge in [-0.25, -0.2) is 9.67 Å². The van der Waals surface area contributed by atoms with Crippen LogP contribution in [0.25, 0.3) is 0 Å². The van der Waals surface area contributed by atoms with Crippen LogP contribution in [-0.2, 0) is 6.42 Å². The van der Waals surface area contributed by atoms with Gasteiger partial charge in [0.2, 0.25) is 0 Å². The maximum absolute atomic E-state index is 10.3. The minimum absolute atomic E-state index is 0.270. The fourth-order valence-corrected chi connectivity index (χ4v) is 1.77. The molecule has 0 amide bonds. The first kappa shape index (κ1) is 14.1. The molecule has 1 atom stereocenters. The van der Waals surface area contributed by atoms with Gasteiger partial charge < -0.3 is 10.4 Å². The molecule has 1 unspecified atom stereocenters. The molecule has 2 N–H and O–H groups in total. The third-order valence-corrected chi connectivity index (χ3v) is 2.61. The van der Waals surface area contributed by atoms with Crippen molar-refractivity contribution in [3.8, 4) is 0 Å². The molecule has 0 aliphatic rings. The predicted molar refractivity (Wildman–Crippen MR) is 67.9 cm³/mol. The number of nitrogens with one attached hydrogen (secondary N) is 1. The Balaban J connectivity index is 2.59. The second-order valence-corrected chi connectivity index (χ2v) is 5.07. The lowest BCUT2D eigenvalue weighted by molar-refractivity contribution is 0.0569. The van der Waals surface area contributed by atoms with Gasteiger partial charge in [-0.05, 0) is 33.7 Å². The van der Waals surface area contributed by atoms with E-state index in [2.05, 4.69) is 36.2 Å². The predicted octanol–water partition coefficient (Wildman–Crippen LogP) is 1.15. The zero-order chi connectivity index (χ0) is 12.9. The monoisotopic (exact) mass is 240 g/mol. The molecule has 0 aromatic carbocycles. The molecule has 98 valence electrons. The number of aliphatic hydroxyl groups is 1. The molecule has 0 radical (unpaired) electrons. The van der Waals surface area contributed by atoms with E-state index in [1.54, 1.807) is 6.33 Å². The average Bonchev–Trinajstić information content (AvgIpc) is 2.65. The first-order valence-electron chi connectivity index (χ1n) is 6.27. The fourth-order valence-electron chi connectivity index (χ4n) is 1.77. The van der Waals surface area contributed by atoms with Crippen LogP contribution in [0, 0.1) is 0 Å². The average molecular weight is 240 g/mol. The van der Waals surface area contributed by atoms with Gasteiger partial charge in [-0.2, -0.15) is 5.10 Å². The number of hydrogen-bond donors (Lipinski definition) is 2. The summed E-state index contributed by atoms with van der Waals surface area (Å²) in [5.74, 6) is 0.836. The molecule has 5 nitrogen and oxygen atoms in total. The van der Waals surface area contributed by atoms with Crippen molar-refractivity contribution in [2.24, 2.45) is 0 Å². The highest BCUT2D eigenvalue weighted by Crippen LogP contribution is 2.13. The summed E-state index contributed by atoms with van der Waals surface area (Å²) in [4.78, 5) is 4.21. The van der Waals surface area contributed by atoms with Gasteiger partial charge in [-0.1, -0.05) is 6.92 Å². The standard InChI is InChI=1S/C12H24N4O/c1-5-6-13-8-12(4,17)7-11-14-9-15-16(11)10(2)3/h9-10,13,17H,5-8H2,1-4H3. The summed E-state index contributed by atoms with van der Waals surface area (Å²) in [6, 6.07) is 0.270. The summed E-state index contributed by atoms with van der Waals surface area (Å²) in [6.45, 7) is 9.55. The topological polar surface area (TPSA) is 63.0 Å². The van der Waals surface area contributed by atoms with E-state index in [0.717, 1.165) is 18.8 Å². The minimum Gasteiger partial charge on any atom is -0.388 e. The van der Waals surface area contributed by atoms with E-state index >= 15 is 0 Å². The van der Waals surface area contributed by atoms with Crippen molar-refractivity contribution in [2.75, 3.05) is 13.1 Å². The van der Waals surface area contributed by atoms with Crippen LogP contribution in [-0.4, -0.2) is 38.6 Å². The highest BCUT2D eigenvalue weighted by atomic mass is 16.3. The Hall–Kier alpha value is -0.940. The minimum atomic E-state index is -0.783. The number of nitrogens with zero attached hydrogens (tertiary/aromatic N) is 3. The number of aromatic nitrogens is 3. The van der Waals surface area contributed by atoms with Crippen LogP contribution in [0.4, 0.5) is 0 Å². The molecule has 5 heteroatoms. The first-order chi connectivity index (χ1) is 7.96. The Morgan fingerprint density at radius 1 is 1.53 bits per heavy atom. The molecule has 0 aliphatic carbocycles. The molecule has 0 bridgehead atoms. The Morgan fingerprint density at radius 3 is 2.82 bits per heavy atom. The van der Waals surface area contributed by atoms with Crippen LogP contribution in [0.2, 0.25) is 0 Å². The molecule has 0 saturated heterocycles. The third kappa shape index (κ3) is 4.44. The van der Waals surface area contributed by atoms with Crippen LogP contribution in [0.1, 0.15) is 46.0 Å². The zero-order valence-corrected chi connectivity index (χ0v) is 11.3. The van der Waals surface area contributed by atoms with Gasteiger partial charge in [0, 0.05) is 19.0 Å². The Kier molecular flexibility index (Phi) is 5.08. The number of rotatable bonds is 7. The third-order valence-electron chi connectivity index (χ3n) is 2.61. The zero-order valence-electron chi connectivity index (χ0n) is 11.3. The molecule has 0 fully saturated rings. The molecule has 1 aromatic heterocycles. The molecule has 0 spiro atoms. The van der Waals surface area contributed by atoms with Crippen molar-refractivity contribution in [3.05, 3.63) is 12.2 Å². The lowest BCUT2D eigenvalue weighted by Crippen LogP contribution is -2.40. The van der Waals surface area contributed by atoms with E-state index < -0.39 is 5.60 Å². The van der Waals surface area contributed by atoms with Gasteiger partial charge >= 0.3 is 0 Å². The molecular weight excluding hydrogens is 216 g/mol. The molecule has 1 rings (SSSR count). The largest absolute Gasteiger partial charge is 0.388 e. The Labute approximate surface area is 103 Å². The van der Waals surface area contributed by atoms with Gasteiger partial charge in [0.1, 0.15) is 12.2 Å². The fraction of sp³-hybridized carbons (Fsp3) is 0.833. The second-order valence-electron chi connectivity index (χ2n) is 5.07. The van der Waals surface area contributed by atoms with Crippen molar-refractivity contribution in [2.45, 2.75) is 52.2 Å². The Morgan fingerprint density at radius 2 is 2.24 bits per heavy atom. The normalized spacial score (nSPS) is 15.2. The molecular formula is C12H24N4O. The van der Waals surface area contributed by atoms with E-state index in [4.69, 9.17) is 0 Å². The van der Waals surface area contributed by atoms with E-state index in [1.807, 2.05) is 11.6 Å². The second kappa shape index (κ2) is 6.12. The van der Waals surface area contributed by atoms with E-state index in [0.29, 0.717) is 13.0 Å². The summed E-state index contributed by atoms with van der Waals surface area (Å²) in [5.41, 5.74) is -0.783. The highest BCUT2D eigenvalue weighted by molar-refractivity contribution is 4.94. The number of hydrogen-bond acceptors (Lipinski definition) is 4. The van der Waals surface area contributed by atoms with Crippen molar-refractivity contribution < 1.29 is 5.11 Å². The van der Waals surface area contributed by atoms with E-state index in [1.165, 1.54) is 0 Å². The van der Waals surface area contributed by atoms with Gasteiger partial charge in [0.25, 0.3) is 0 Å². The van der Waals surface area contributed by atoms with Crippen LogP contribution in [0.3, 0.4) is 0 Å². The molecule has 1 aromatic rings. The molecule has 17 heavy (non-hydrogen) atoms. The maximum atomic E-state index is 10.3. The van der Waals surface area contributed by atoms with Crippen molar-refractivity contribution in [3.63, 3.8) is 0 Å². The van der Waals surface area contributed by atoms with E-state index in [9.17, 15) is 5.11 Å². The highest BCUT2D eigenvalue weighted by Gasteiger charge is 2.23. The van der Waals surface area contributed by atoms with Gasteiger partial charge in [-0.15, -0.1) is 0 Å². The van der Waals surface area contributed by atoms with Crippen LogP contribution < -0.4 is 5.32 Å². The molecule has 0 aliphatic heterocycles. The Bertz CT molecular complexity index is 333. The lowest BCUT2D eigenvalue weighted by atomic mass is 10.0.